The molecule has 1 aromatic carbocycles. The number of aliphatic imine (C=N–C) groups is 1. The minimum absolute atomic E-state index is 0.261. The van der Waals surface area contributed by atoms with Gasteiger partial charge in [-0.2, -0.15) is 0 Å². The van der Waals surface area contributed by atoms with Crippen molar-refractivity contribution >= 4 is 17.8 Å². The third-order valence-corrected chi connectivity index (χ3v) is 9.33. The molecule has 3 saturated heterocycles. The number of halogens is 2. The second-order valence-electron chi connectivity index (χ2n) is 11.1. The highest BCUT2D eigenvalue weighted by molar-refractivity contribution is 7.96. The Morgan fingerprint density at radius 3 is 2.03 bits per heavy atom. The number of hydrogen-bond donors (Lipinski definition) is 2. The smallest absolute Gasteiger partial charge is 0.126 e. The number of nitrogens with two attached hydrogens (primary N) is 1. The molecule has 8 heteroatoms. The highest BCUT2D eigenvalue weighted by Gasteiger charge is 2.35. The van der Waals surface area contributed by atoms with E-state index < -0.39 is 11.6 Å². The van der Waals surface area contributed by atoms with E-state index in [-0.39, 0.29) is 5.92 Å². The molecule has 37 heavy (non-hydrogen) atoms. The van der Waals surface area contributed by atoms with E-state index in [1.807, 2.05) is 32.7 Å². The van der Waals surface area contributed by atoms with Crippen molar-refractivity contribution in [3.05, 3.63) is 35.4 Å². The lowest BCUT2D eigenvalue weighted by atomic mass is 9.77. The lowest BCUT2D eigenvalue weighted by Gasteiger charge is -2.47. The van der Waals surface area contributed by atoms with Crippen LogP contribution in [-0.4, -0.2) is 59.6 Å². The molecule has 0 radical (unpaired) electrons. The van der Waals surface area contributed by atoms with E-state index >= 15 is 0 Å². The number of fused-ring (bicyclic) bond motifs is 2. The van der Waals surface area contributed by atoms with E-state index in [0.717, 1.165) is 75.0 Å². The molecule has 4 rings (SSSR count). The Balaban J connectivity index is 0.000000364. The number of amidine groups is 1. The number of nitrogens with zero attached hydrogens (tertiary/aromatic N) is 3. The molecule has 0 aliphatic carbocycles. The van der Waals surface area contributed by atoms with Crippen LogP contribution in [0.4, 0.5) is 8.78 Å². The van der Waals surface area contributed by atoms with Crippen molar-refractivity contribution in [2.24, 2.45) is 22.7 Å². The van der Waals surface area contributed by atoms with Gasteiger partial charge in [0.15, 0.2) is 0 Å². The summed E-state index contributed by atoms with van der Waals surface area (Å²) in [6, 6.07) is 5.68. The highest BCUT2D eigenvalue weighted by atomic mass is 32.2. The van der Waals surface area contributed by atoms with Crippen LogP contribution in [-0.2, 0) is 0 Å². The van der Waals surface area contributed by atoms with Crippen molar-refractivity contribution in [3.63, 3.8) is 0 Å². The van der Waals surface area contributed by atoms with Gasteiger partial charge in [0.2, 0.25) is 0 Å². The molecule has 0 spiro atoms. The molecule has 5 nitrogen and oxygen atoms in total. The van der Waals surface area contributed by atoms with Gasteiger partial charge < -0.3 is 5.43 Å². The molecule has 3 N–H and O–H groups in total. The first kappa shape index (κ1) is 30.3. The summed E-state index contributed by atoms with van der Waals surface area (Å²) in [6.45, 7) is 10.1. The van der Waals surface area contributed by atoms with E-state index in [2.05, 4.69) is 25.9 Å². The maximum Gasteiger partial charge on any atom is 0.126 e. The summed E-state index contributed by atoms with van der Waals surface area (Å²) >= 11 is 1.81. The average Bonchev–Trinajstić information content (AvgIpc) is 2.87. The molecule has 1 unspecified atom stereocenters. The van der Waals surface area contributed by atoms with Gasteiger partial charge >= 0.3 is 0 Å². The van der Waals surface area contributed by atoms with Gasteiger partial charge in [0.05, 0.1) is 0 Å². The van der Waals surface area contributed by atoms with E-state index in [1.54, 1.807) is 12.1 Å². The second kappa shape index (κ2) is 15.4. The Labute approximate surface area is 228 Å². The zero-order valence-corrected chi connectivity index (χ0v) is 24.2. The first-order valence-corrected chi connectivity index (χ1v) is 15.6. The number of rotatable bonds is 8. The van der Waals surface area contributed by atoms with Gasteiger partial charge in [-0.3, -0.25) is 14.2 Å². The molecule has 0 aromatic heterocycles. The van der Waals surface area contributed by atoms with E-state index in [9.17, 15) is 8.78 Å². The molecule has 2 bridgehead atoms. The van der Waals surface area contributed by atoms with Crippen LogP contribution in [0.2, 0.25) is 0 Å². The van der Waals surface area contributed by atoms with Crippen LogP contribution in [0.25, 0.3) is 0 Å². The molecule has 3 aliphatic heterocycles. The van der Waals surface area contributed by atoms with Crippen LogP contribution < -0.4 is 11.3 Å². The summed E-state index contributed by atoms with van der Waals surface area (Å²) in [5, 5.41) is 0. The molecule has 3 fully saturated rings. The minimum Gasteiger partial charge on any atom is -0.312 e. The molecule has 210 valence electrons. The molecular weight excluding hydrogens is 488 g/mol. The lowest BCUT2D eigenvalue weighted by Crippen LogP contribution is -2.50. The lowest BCUT2D eigenvalue weighted by molar-refractivity contribution is 0.0354. The molecule has 1 aromatic rings. The maximum absolute atomic E-state index is 14.0. The monoisotopic (exact) mass is 537 g/mol. The van der Waals surface area contributed by atoms with E-state index in [1.165, 1.54) is 38.5 Å². The normalized spacial score (nSPS) is 24.5. The predicted octanol–water partition coefficient (Wildman–Crippen LogP) is 6.36. The van der Waals surface area contributed by atoms with Crippen molar-refractivity contribution in [2.75, 3.05) is 32.4 Å². The number of hydrogen-bond acceptors (Lipinski definition) is 5. The Kier molecular flexibility index (Phi) is 12.6. The fourth-order valence-corrected chi connectivity index (χ4v) is 7.15. The zero-order valence-electron chi connectivity index (χ0n) is 23.4. The number of piperidine rings is 3. The molecule has 3 aliphatic rings. The summed E-state index contributed by atoms with van der Waals surface area (Å²) in [7, 11) is 0. The van der Waals surface area contributed by atoms with Crippen LogP contribution in [0.15, 0.2) is 23.2 Å². The Bertz CT molecular complexity index is 801. The maximum atomic E-state index is 14.0. The third-order valence-electron chi connectivity index (χ3n) is 8.45. The number of hydrazine groups is 1. The van der Waals surface area contributed by atoms with Gasteiger partial charge in [-0.15, -0.1) is 0 Å². The average molecular weight is 538 g/mol. The van der Waals surface area contributed by atoms with Crippen molar-refractivity contribution in [3.8, 4) is 0 Å². The number of benzene rings is 1. The fourth-order valence-electron chi connectivity index (χ4n) is 6.57. The van der Waals surface area contributed by atoms with Gasteiger partial charge in [0.25, 0.3) is 0 Å². The Morgan fingerprint density at radius 2 is 1.59 bits per heavy atom. The van der Waals surface area contributed by atoms with Gasteiger partial charge in [-0.1, -0.05) is 38.6 Å². The number of nitrogens with one attached hydrogen (secondary N) is 1. The van der Waals surface area contributed by atoms with Crippen molar-refractivity contribution < 1.29 is 8.78 Å². The SMILES string of the molecule is CCN=C(NN)C(C)C.CSN1CCC(C(CCN2C3CCCC2CCC3)c2cc(F)cc(F)c2)CC1. The second-order valence-corrected chi connectivity index (χ2v) is 12.0. The fraction of sp³-hybridized carbons (Fsp3) is 0.759. The molecular formula is C29H49F2N5S. The first-order chi connectivity index (χ1) is 17.9. The van der Waals surface area contributed by atoms with Crippen molar-refractivity contribution in [1.82, 2.24) is 14.6 Å². The topological polar surface area (TPSA) is 56.9 Å². The molecule has 3 heterocycles. The van der Waals surface area contributed by atoms with E-state index in [4.69, 9.17) is 5.84 Å². The van der Waals surface area contributed by atoms with Crippen molar-refractivity contribution in [2.45, 2.75) is 96.6 Å². The molecule has 1 atom stereocenters. The largest absolute Gasteiger partial charge is 0.312 e. The highest BCUT2D eigenvalue weighted by Crippen LogP contribution is 2.39. The van der Waals surface area contributed by atoms with Gasteiger partial charge in [-0.05, 0) is 94.2 Å². The summed E-state index contributed by atoms with van der Waals surface area (Å²) < 4.78 is 30.4. The van der Waals surface area contributed by atoms with Crippen molar-refractivity contribution in [1.29, 1.82) is 0 Å². The molecule has 0 saturated carbocycles. The van der Waals surface area contributed by atoms with Gasteiger partial charge in [-0.25, -0.2) is 14.6 Å². The van der Waals surface area contributed by atoms with Crippen LogP contribution >= 0.6 is 11.9 Å². The Morgan fingerprint density at radius 1 is 1.03 bits per heavy atom. The van der Waals surface area contributed by atoms with Crippen LogP contribution in [0.5, 0.6) is 0 Å². The summed E-state index contributed by atoms with van der Waals surface area (Å²) in [5.74, 6) is 6.37. The van der Waals surface area contributed by atoms with E-state index in [0.29, 0.717) is 11.8 Å². The van der Waals surface area contributed by atoms with Gasteiger partial charge in [0, 0.05) is 43.7 Å². The third kappa shape index (κ3) is 8.91. The summed E-state index contributed by atoms with van der Waals surface area (Å²) in [6.07, 6.45) is 13.5. The zero-order chi connectivity index (χ0) is 26.8. The molecule has 0 amide bonds. The Hall–Kier alpha value is -1.22. The predicted molar refractivity (Wildman–Crippen MR) is 154 cm³/mol. The quantitative estimate of drug-likeness (QED) is 0.133. The minimum atomic E-state index is -0.434. The first-order valence-electron chi connectivity index (χ1n) is 14.4. The standard InChI is InChI=1S/C23H34F2N2S.C6H15N3/c1-28-26-11-8-17(9-12-26)23(18-14-19(24)16-20(25)15-18)10-13-27-21-4-2-5-22(27)7-3-6-21;1-4-8-6(9-7)5(2)3/h14-17,21-23H,2-13H2,1H3;5H,4,7H2,1-3H3,(H,8,9). The summed E-state index contributed by atoms with van der Waals surface area (Å²) in [4.78, 5) is 6.88. The summed E-state index contributed by atoms with van der Waals surface area (Å²) in [5.41, 5.74) is 3.43. The van der Waals surface area contributed by atoms with Crippen LogP contribution in [0.1, 0.15) is 90.0 Å². The van der Waals surface area contributed by atoms with Crippen LogP contribution in [0, 0.1) is 23.5 Å². The van der Waals surface area contributed by atoms with Crippen LogP contribution in [0.3, 0.4) is 0 Å². The van der Waals surface area contributed by atoms with Gasteiger partial charge in [0.1, 0.15) is 17.5 Å².